The quantitative estimate of drug-likeness (QED) is 0.710. The summed E-state index contributed by atoms with van der Waals surface area (Å²) >= 11 is 0. The van der Waals surface area contributed by atoms with E-state index >= 15 is 0 Å². The molecule has 0 fully saturated rings. The van der Waals surface area contributed by atoms with Crippen molar-refractivity contribution in [2.45, 2.75) is 12.2 Å². The van der Waals surface area contributed by atoms with Gasteiger partial charge < -0.3 is 23.4 Å². The van der Waals surface area contributed by atoms with Gasteiger partial charge >= 0.3 is 0 Å². The van der Waals surface area contributed by atoms with Crippen LogP contribution in [-0.4, -0.2) is 33.2 Å². The Bertz CT molecular complexity index is 959. The first-order valence-electron chi connectivity index (χ1n) is 8.15. The summed E-state index contributed by atoms with van der Waals surface area (Å²) in [6.07, 6.45) is 0.158. The van der Waals surface area contributed by atoms with Crippen molar-refractivity contribution in [2.75, 3.05) is 21.3 Å². The second-order valence-electron chi connectivity index (χ2n) is 5.90. The molecule has 0 aliphatic carbocycles. The first-order chi connectivity index (χ1) is 12.7. The van der Waals surface area contributed by atoms with Crippen LogP contribution in [0.2, 0.25) is 0 Å². The van der Waals surface area contributed by atoms with Crippen molar-refractivity contribution < 1.29 is 28.2 Å². The Labute approximate surface area is 150 Å². The van der Waals surface area contributed by atoms with Gasteiger partial charge in [-0.15, -0.1) is 0 Å². The Morgan fingerprint density at radius 3 is 2.35 bits per heavy atom. The Balaban J connectivity index is 1.99. The van der Waals surface area contributed by atoms with Crippen LogP contribution in [0.25, 0.3) is 11.0 Å². The van der Waals surface area contributed by atoms with E-state index in [1.54, 1.807) is 6.07 Å². The van der Waals surface area contributed by atoms with E-state index in [0.717, 1.165) is 5.56 Å². The maximum Gasteiger partial charge on any atom is 0.205 e. The van der Waals surface area contributed by atoms with Crippen LogP contribution in [0.5, 0.6) is 17.2 Å². The van der Waals surface area contributed by atoms with Crippen LogP contribution in [0.4, 0.5) is 0 Å². The fourth-order valence-corrected chi connectivity index (χ4v) is 3.43. The molecule has 0 saturated heterocycles. The van der Waals surface area contributed by atoms with Crippen LogP contribution >= 0.6 is 0 Å². The number of hydrogen-bond donors (Lipinski definition) is 0. The molecule has 0 spiro atoms. The molecule has 2 atom stereocenters. The third-order valence-electron chi connectivity index (χ3n) is 4.59. The van der Waals surface area contributed by atoms with Crippen molar-refractivity contribution in [3.8, 4) is 17.2 Å². The number of hydrogen-bond acceptors (Lipinski definition) is 6. The zero-order chi connectivity index (χ0) is 18.3. The largest absolute Gasteiger partial charge is 0.492 e. The molecule has 3 aromatic rings. The van der Waals surface area contributed by atoms with Crippen molar-refractivity contribution in [3.05, 3.63) is 53.8 Å². The molecule has 1 aliphatic heterocycles. The zero-order valence-electron chi connectivity index (χ0n) is 14.6. The molecule has 4 rings (SSSR count). The summed E-state index contributed by atoms with van der Waals surface area (Å²) in [7, 11) is 4.47. The lowest BCUT2D eigenvalue weighted by atomic mass is 9.91. The monoisotopic (exact) mass is 354 g/mol. The fourth-order valence-electron chi connectivity index (χ4n) is 3.43. The Morgan fingerprint density at radius 2 is 1.69 bits per heavy atom. The summed E-state index contributed by atoms with van der Waals surface area (Å²) in [5.74, 6) is 0.833. The molecule has 26 heavy (non-hydrogen) atoms. The predicted octanol–water partition coefficient (Wildman–Crippen LogP) is 3.78. The molecule has 1 aliphatic rings. The SMILES string of the molecule is COc1c2c(c3ccoc3c1OC)O[C@H](c1ccccc1)[C@H](OC)C2=O. The molecule has 2 heterocycles. The lowest BCUT2D eigenvalue weighted by Gasteiger charge is -2.33. The molecule has 2 aromatic carbocycles. The Kier molecular flexibility index (Phi) is 4.05. The molecule has 0 unspecified atom stereocenters. The lowest BCUT2D eigenvalue weighted by Crippen LogP contribution is -2.38. The second kappa shape index (κ2) is 6.38. The first-order valence-corrected chi connectivity index (χ1v) is 8.15. The minimum absolute atomic E-state index is 0.221. The van der Waals surface area contributed by atoms with Crippen LogP contribution in [-0.2, 0) is 4.74 Å². The summed E-state index contributed by atoms with van der Waals surface area (Å²) in [6.45, 7) is 0. The summed E-state index contributed by atoms with van der Waals surface area (Å²) in [6, 6.07) is 11.3. The highest BCUT2D eigenvalue weighted by Crippen LogP contribution is 2.50. The van der Waals surface area contributed by atoms with Crippen molar-refractivity contribution in [2.24, 2.45) is 0 Å². The molecule has 0 bridgehead atoms. The van der Waals surface area contributed by atoms with E-state index in [-0.39, 0.29) is 11.5 Å². The van der Waals surface area contributed by atoms with Gasteiger partial charge in [0.15, 0.2) is 23.5 Å². The molecule has 6 nitrogen and oxygen atoms in total. The van der Waals surface area contributed by atoms with Gasteiger partial charge in [0.2, 0.25) is 11.5 Å². The number of carbonyl (C=O) groups is 1. The van der Waals surface area contributed by atoms with Crippen LogP contribution in [0.3, 0.4) is 0 Å². The molecular formula is C20H18O6. The van der Waals surface area contributed by atoms with E-state index < -0.39 is 12.2 Å². The number of ether oxygens (including phenoxy) is 4. The molecular weight excluding hydrogens is 336 g/mol. The predicted molar refractivity (Wildman–Crippen MR) is 94.3 cm³/mol. The minimum atomic E-state index is -0.798. The smallest absolute Gasteiger partial charge is 0.205 e. The molecule has 6 heteroatoms. The molecule has 0 amide bonds. The normalized spacial score (nSPS) is 19.1. The molecule has 134 valence electrons. The standard InChI is InChI=1S/C20H18O6/c1-22-18-13-14(21)19(23-2)15(11-7-5-4-6-8-11)26-16(13)12-9-10-25-17(12)20(18)24-3/h4-10,15,19H,1-3H3/t15-,19-/m1/s1. The van der Waals surface area contributed by atoms with E-state index in [0.29, 0.717) is 28.0 Å². The summed E-state index contributed by atoms with van der Waals surface area (Å²) in [5.41, 5.74) is 1.63. The summed E-state index contributed by atoms with van der Waals surface area (Å²) in [5, 5.41) is 0.654. The number of benzene rings is 2. The number of furan rings is 1. The van der Waals surface area contributed by atoms with Gasteiger partial charge in [0, 0.05) is 7.11 Å². The highest BCUT2D eigenvalue weighted by molar-refractivity contribution is 6.12. The summed E-state index contributed by atoms with van der Waals surface area (Å²) in [4.78, 5) is 13.3. The van der Waals surface area contributed by atoms with Gasteiger partial charge in [-0.1, -0.05) is 30.3 Å². The zero-order valence-corrected chi connectivity index (χ0v) is 14.6. The molecule has 0 radical (unpaired) electrons. The second-order valence-corrected chi connectivity index (χ2v) is 5.90. The topological polar surface area (TPSA) is 67.1 Å². The third kappa shape index (κ3) is 2.26. The maximum absolute atomic E-state index is 13.3. The van der Waals surface area contributed by atoms with Crippen LogP contribution < -0.4 is 14.2 Å². The van der Waals surface area contributed by atoms with Crippen molar-refractivity contribution in [1.29, 1.82) is 0 Å². The van der Waals surface area contributed by atoms with Crippen LogP contribution in [0.15, 0.2) is 47.1 Å². The number of methoxy groups -OCH3 is 3. The van der Waals surface area contributed by atoms with Crippen molar-refractivity contribution in [1.82, 2.24) is 0 Å². The van der Waals surface area contributed by atoms with Gasteiger partial charge in [-0.05, 0) is 11.6 Å². The molecule has 0 N–H and O–H groups in total. The first kappa shape index (κ1) is 16.5. The van der Waals surface area contributed by atoms with E-state index in [4.69, 9.17) is 23.4 Å². The van der Waals surface area contributed by atoms with Crippen LogP contribution in [0.1, 0.15) is 22.0 Å². The van der Waals surface area contributed by atoms with E-state index in [2.05, 4.69) is 0 Å². The van der Waals surface area contributed by atoms with E-state index in [1.165, 1.54) is 27.6 Å². The average Bonchev–Trinajstić information content (AvgIpc) is 3.17. The summed E-state index contributed by atoms with van der Waals surface area (Å²) < 4.78 is 28.2. The highest BCUT2D eigenvalue weighted by atomic mass is 16.5. The van der Waals surface area contributed by atoms with Gasteiger partial charge in [-0.25, -0.2) is 0 Å². The van der Waals surface area contributed by atoms with Crippen molar-refractivity contribution in [3.63, 3.8) is 0 Å². The van der Waals surface area contributed by atoms with Gasteiger partial charge in [-0.3, -0.25) is 4.79 Å². The van der Waals surface area contributed by atoms with E-state index in [1.807, 2.05) is 30.3 Å². The number of fused-ring (bicyclic) bond motifs is 3. The molecule has 0 saturated carbocycles. The van der Waals surface area contributed by atoms with Gasteiger partial charge in [0.1, 0.15) is 11.3 Å². The Hall–Kier alpha value is -2.99. The molecule has 1 aromatic heterocycles. The fraction of sp³-hybridized carbons (Fsp3) is 0.250. The number of Topliss-reactive ketones (excluding diaryl/α,β-unsaturated/α-hetero) is 1. The van der Waals surface area contributed by atoms with Gasteiger partial charge in [-0.2, -0.15) is 0 Å². The Morgan fingerprint density at radius 1 is 0.962 bits per heavy atom. The van der Waals surface area contributed by atoms with E-state index in [9.17, 15) is 4.79 Å². The third-order valence-corrected chi connectivity index (χ3v) is 4.59. The highest BCUT2D eigenvalue weighted by Gasteiger charge is 2.43. The number of carbonyl (C=O) groups excluding carboxylic acids is 1. The minimum Gasteiger partial charge on any atom is -0.492 e. The number of ketones is 1. The average molecular weight is 354 g/mol. The lowest BCUT2D eigenvalue weighted by molar-refractivity contribution is -0.000401. The van der Waals surface area contributed by atoms with Crippen LogP contribution in [0, 0.1) is 0 Å². The van der Waals surface area contributed by atoms with Crippen molar-refractivity contribution >= 4 is 16.8 Å². The number of rotatable bonds is 4. The maximum atomic E-state index is 13.3. The van der Waals surface area contributed by atoms with Gasteiger partial charge in [0.05, 0.1) is 25.9 Å². The van der Waals surface area contributed by atoms with Gasteiger partial charge in [0.25, 0.3) is 0 Å².